The quantitative estimate of drug-likeness (QED) is 0.834. The van der Waals surface area contributed by atoms with Crippen molar-refractivity contribution in [1.82, 2.24) is 19.8 Å². The highest BCUT2D eigenvalue weighted by Crippen LogP contribution is 2.39. The molecule has 1 spiro atoms. The highest BCUT2D eigenvalue weighted by molar-refractivity contribution is 5.75. The molecule has 2 fully saturated rings. The van der Waals surface area contributed by atoms with Crippen LogP contribution in [-0.2, 0) is 22.6 Å². The highest BCUT2D eigenvalue weighted by Gasteiger charge is 2.42. The normalized spacial score (nSPS) is 21.8. The molecule has 1 aromatic carbocycles. The molecule has 0 saturated carbocycles. The number of piperidine rings is 1. The van der Waals surface area contributed by atoms with Gasteiger partial charge in [0, 0.05) is 38.6 Å². The molecule has 1 amide bonds. The molecule has 2 aliphatic rings. The summed E-state index contributed by atoms with van der Waals surface area (Å²) in [7, 11) is 0. The van der Waals surface area contributed by atoms with Gasteiger partial charge in [0.05, 0.1) is 18.0 Å². The van der Waals surface area contributed by atoms with Gasteiger partial charge in [0.15, 0.2) is 0 Å². The van der Waals surface area contributed by atoms with Crippen LogP contribution in [0.4, 0.5) is 0 Å². The number of likely N-dealkylation sites (tertiary alicyclic amines) is 1. The average molecular weight is 383 g/mol. The maximum absolute atomic E-state index is 12.1. The third-order valence-corrected chi connectivity index (χ3v) is 6.17. The Balaban J connectivity index is 1.21. The van der Waals surface area contributed by atoms with Gasteiger partial charge in [0.1, 0.15) is 6.54 Å². The molecule has 150 valence electrons. The number of amides is 1. The van der Waals surface area contributed by atoms with Crippen molar-refractivity contribution in [3.05, 3.63) is 54.1 Å². The van der Waals surface area contributed by atoms with E-state index >= 15 is 0 Å². The zero-order valence-corrected chi connectivity index (χ0v) is 16.6. The van der Waals surface area contributed by atoms with Crippen molar-refractivity contribution in [3.8, 4) is 0 Å². The second kappa shape index (κ2) is 8.45. The number of rotatable bonds is 6. The first-order valence-electron chi connectivity index (χ1n) is 10.3. The van der Waals surface area contributed by atoms with Crippen LogP contribution in [0.2, 0.25) is 0 Å². The minimum Gasteiger partial charge on any atom is -0.370 e. The molecule has 4 rings (SSSR count). The summed E-state index contributed by atoms with van der Waals surface area (Å²) in [6.07, 6.45) is 9.57. The summed E-state index contributed by atoms with van der Waals surface area (Å²) in [6, 6.07) is 8.64. The number of nitrogens with one attached hydrogen (secondary N) is 1. The molecular formula is C22H30N4O2. The number of carbonyl (C=O) groups is 1. The van der Waals surface area contributed by atoms with E-state index in [0.29, 0.717) is 13.1 Å². The van der Waals surface area contributed by atoms with Gasteiger partial charge in [-0.15, -0.1) is 0 Å². The van der Waals surface area contributed by atoms with Crippen molar-refractivity contribution in [2.75, 3.05) is 19.6 Å². The van der Waals surface area contributed by atoms with Crippen LogP contribution in [0.5, 0.6) is 0 Å². The van der Waals surface area contributed by atoms with E-state index in [2.05, 4.69) is 46.4 Å². The minimum atomic E-state index is 0.00982. The van der Waals surface area contributed by atoms with Crippen LogP contribution in [-0.4, -0.2) is 51.7 Å². The molecule has 0 bridgehead atoms. The van der Waals surface area contributed by atoms with E-state index in [1.165, 1.54) is 11.1 Å². The van der Waals surface area contributed by atoms with E-state index in [1.54, 1.807) is 23.3 Å². The molecule has 0 radical (unpaired) electrons. The van der Waals surface area contributed by atoms with Crippen LogP contribution in [0.25, 0.3) is 0 Å². The first kappa shape index (κ1) is 19.2. The molecule has 1 atom stereocenters. The summed E-state index contributed by atoms with van der Waals surface area (Å²) in [5, 5.41) is 3.01. The average Bonchev–Trinajstić information content (AvgIpc) is 3.34. The third kappa shape index (κ3) is 4.62. The molecule has 2 aliphatic heterocycles. The van der Waals surface area contributed by atoms with Gasteiger partial charge in [-0.2, -0.15) is 0 Å². The Morgan fingerprint density at radius 3 is 2.86 bits per heavy atom. The molecule has 28 heavy (non-hydrogen) atoms. The molecule has 0 aliphatic carbocycles. The van der Waals surface area contributed by atoms with Crippen LogP contribution in [0.1, 0.15) is 36.8 Å². The van der Waals surface area contributed by atoms with Crippen molar-refractivity contribution in [1.29, 1.82) is 0 Å². The fraction of sp³-hybridized carbons (Fsp3) is 0.545. The van der Waals surface area contributed by atoms with Crippen molar-refractivity contribution in [3.63, 3.8) is 0 Å². The van der Waals surface area contributed by atoms with Gasteiger partial charge in [0.25, 0.3) is 0 Å². The van der Waals surface area contributed by atoms with Gasteiger partial charge in [0.2, 0.25) is 5.91 Å². The van der Waals surface area contributed by atoms with E-state index in [9.17, 15) is 4.79 Å². The fourth-order valence-electron chi connectivity index (χ4n) is 4.38. The van der Waals surface area contributed by atoms with Crippen LogP contribution in [0.3, 0.4) is 0 Å². The topological polar surface area (TPSA) is 59.4 Å². The molecule has 1 aromatic heterocycles. The van der Waals surface area contributed by atoms with Crippen LogP contribution < -0.4 is 5.32 Å². The SMILES string of the molecule is Cc1ccccc1CN1CCC2(CC[C@H](CNC(=O)Cn3ccnc3)O2)CC1. The second-order valence-electron chi connectivity index (χ2n) is 8.20. The van der Waals surface area contributed by atoms with Gasteiger partial charge in [-0.05, 0) is 43.7 Å². The molecular weight excluding hydrogens is 352 g/mol. The van der Waals surface area contributed by atoms with E-state index in [1.807, 2.05) is 0 Å². The van der Waals surface area contributed by atoms with E-state index in [4.69, 9.17) is 4.74 Å². The monoisotopic (exact) mass is 382 g/mol. The minimum absolute atomic E-state index is 0.00982. The zero-order chi connectivity index (χ0) is 19.4. The summed E-state index contributed by atoms with van der Waals surface area (Å²) in [6.45, 7) is 6.28. The Bertz CT molecular complexity index is 782. The van der Waals surface area contributed by atoms with Crippen LogP contribution in [0, 0.1) is 6.92 Å². The summed E-state index contributed by atoms with van der Waals surface area (Å²) >= 11 is 0. The third-order valence-electron chi connectivity index (χ3n) is 6.17. The zero-order valence-electron chi connectivity index (χ0n) is 16.6. The van der Waals surface area contributed by atoms with Crippen molar-refractivity contribution >= 4 is 5.91 Å². The van der Waals surface area contributed by atoms with Gasteiger partial charge < -0.3 is 14.6 Å². The van der Waals surface area contributed by atoms with Gasteiger partial charge in [-0.25, -0.2) is 4.98 Å². The lowest BCUT2D eigenvalue weighted by Crippen LogP contribution is -2.45. The Morgan fingerprint density at radius 1 is 1.29 bits per heavy atom. The lowest BCUT2D eigenvalue weighted by molar-refractivity contribution is -0.123. The largest absolute Gasteiger partial charge is 0.370 e. The second-order valence-corrected chi connectivity index (χ2v) is 8.20. The van der Waals surface area contributed by atoms with Crippen molar-refractivity contribution in [2.45, 2.75) is 57.4 Å². The number of nitrogens with zero attached hydrogens (tertiary/aromatic N) is 3. The van der Waals surface area contributed by atoms with Gasteiger partial charge in [-0.1, -0.05) is 24.3 Å². The van der Waals surface area contributed by atoms with Gasteiger partial charge >= 0.3 is 0 Å². The molecule has 6 heteroatoms. The maximum atomic E-state index is 12.1. The van der Waals surface area contributed by atoms with Crippen molar-refractivity contribution in [2.24, 2.45) is 0 Å². The number of hydrogen-bond donors (Lipinski definition) is 1. The molecule has 6 nitrogen and oxygen atoms in total. The summed E-state index contributed by atoms with van der Waals surface area (Å²) < 4.78 is 8.21. The lowest BCUT2D eigenvalue weighted by atomic mass is 9.88. The maximum Gasteiger partial charge on any atom is 0.240 e. The van der Waals surface area contributed by atoms with E-state index < -0.39 is 0 Å². The molecule has 2 aromatic rings. The first-order valence-corrected chi connectivity index (χ1v) is 10.3. The fourth-order valence-corrected chi connectivity index (χ4v) is 4.38. The molecule has 1 N–H and O–H groups in total. The summed E-state index contributed by atoms with van der Waals surface area (Å²) in [5.41, 5.74) is 2.80. The first-order chi connectivity index (χ1) is 13.6. The number of aryl methyl sites for hydroxylation is 1. The number of imidazole rings is 1. The Labute approximate surface area is 166 Å². The number of hydrogen-bond acceptors (Lipinski definition) is 4. The Kier molecular flexibility index (Phi) is 5.78. The lowest BCUT2D eigenvalue weighted by Gasteiger charge is -2.39. The van der Waals surface area contributed by atoms with E-state index in [0.717, 1.165) is 45.3 Å². The number of aromatic nitrogens is 2. The van der Waals surface area contributed by atoms with Crippen LogP contribution in [0.15, 0.2) is 43.0 Å². The Morgan fingerprint density at radius 2 is 2.11 bits per heavy atom. The predicted molar refractivity (Wildman–Crippen MR) is 108 cm³/mol. The van der Waals surface area contributed by atoms with E-state index in [-0.39, 0.29) is 17.6 Å². The molecule has 0 unspecified atom stereocenters. The number of ether oxygens (including phenoxy) is 1. The summed E-state index contributed by atoms with van der Waals surface area (Å²) in [4.78, 5) is 18.6. The smallest absolute Gasteiger partial charge is 0.240 e. The number of carbonyl (C=O) groups excluding carboxylic acids is 1. The number of benzene rings is 1. The highest BCUT2D eigenvalue weighted by atomic mass is 16.5. The standard InChI is InChI=1S/C22H30N4O2/c1-18-4-2-3-5-19(18)15-25-11-8-22(9-12-25)7-6-20(28-22)14-24-21(27)16-26-13-10-23-17-26/h2-5,10,13,17,20H,6-9,11-12,14-16H2,1H3,(H,24,27)/t20-/m1/s1. The van der Waals surface area contributed by atoms with Gasteiger partial charge in [-0.3, -0.25) is 9.69 Å². The summed E-state index contributed by atoms with van der Waals surface area (Å²) in [5.74, 6) is 0.00982. The predicted octanol–water partition coefficient (Wildman–Crippen LogP) is 2.52. The molecule has 3 heterocycles. The van der Waals surface area contributed by atoms with Crippen molar-refractivity contribution < 1.29 is 9.53 Å². The molecule has 2 saturated heterocycles. The van der Waals surface area contributed by atoms with Crippen LogP contribution >= 0.6 is 0 Å². The Hall–Kier alpha value is -2.18.